The highest BCUT2D eigenvalue weighted by Gasteiger charge is 2.34. The molecule has 0 aliphatic carbocycles. The molecule has 2 fully saturated rings. The first-order chi connectivity index (χ1) is 7.08. The number of hydrogen-bond acceptors (Lipinski definition) is 3. The summed E-state index contributed by atoms with van der Waals surface area (Å²) in [5.41, 5.74) is 0. The Labute approximate surface area is 92.1 Å². The van der Waals surface area contributed by atoms with Gasteiger partial charge in [-0.1, -0.05) is 6.92 Å². The van der Waals surface area contributed by atoms with Crippen LogP contribution in [0.15, 0.2) is 0 Å². The second kappa shape index (κ2) is 4.39. The van der Waals surface area contributed by atoms with Crippen LogP contribution in [-0.2, 0) is 10.0 Å². The zero-order chi connectivity index (χ0) is 10.9. The molecule has 1 unspecified atom stereocenters. The number of nitrogens with zero attached hydrogens (tertiary/aromatic N) is 1. The maximum Gasteiger partial charge on any atom is 0.214 e. The molecule has 2 aliphatic heterocycles. The summed E-state index contributed by atoms with van der Waals surface area (Å²) in [6, 6.07) is 0. The summed E-state index contributed by atoms with van der Waals surface area (Å²) >= 11 is 0. The number of rotatable bonds is 2. The fourth-order valence-corrected chi connectivity index (χ4v) is 4.47. The molecule has 4 nitrogen and oxygen atoms in total. The maximum absolute atomic E-state index is 11.8. The SMILES string of the molecule is CC1CN(CC2CCNCC2)S(=O)(=O)C1. The molecule has 1 atom stereocenters. The van der Waals surface area contributed by atoms with E-state index in [4.69, 9.17) is 0 Å². The van der Waals surface area contributed by atoms with Crippen molar-refractivity contribution >= 4 is 10.0 Å². The van der Waals surface area contributed by atoms with Crippen LogP contribution in [0.5, 0.6) is 0 Å². The Kier molecular flexibility index (Phi) is 3.33. The van der Waals surface area contributed by atoms with E-state index in [1.807, 2.05) is 6.92 Å². The number of piperidine rings is 1. The van der Waals surface area contributed by atoms with Crippen molar-refractivity contribution in [2.75, 3.05) is 31.9 Å². The first kappa shape index (κ1) is 11.4. The van der Waals surface area contributed by atoms with Crippen LogP contribution in [-0.4, -0.2) is 44.7 Å². The molecule has 15 heavy (non-hydrogen) atoms. The summed E-state index contributed by atoms with van der Waals surface area (Å²) in [5.74, 6) is 1.21. The summed E-state index contributed by atoms with van der Waals surface area (Å²) < 4.78 is 25.2. The van der Waals surface area contributed by atoms with Crippen molar-refractivity contribution in [1.29, 1.82) is 0 Å². The molecular weight excluding hydrogens is 212 g/mol. The van der Waals surface area contributed by atoms with Crippen LogP contribution in [0.3, 0.4) is 0 Å². The minimum Gasteiger partial charge on any atom is -0.317 e. The molecule has 0 radical (unpaired) electrons. The van der Waals surface area contributed by atoms with Gasteiger partial charge in [0.05, 0.1) is 5.75 Å². The zero-order valence-electron chi connectivity index (χ0n) is 9.28. The van der Waals surface area contributed by atoms with Gasteiger partial charge in [0.25, 0.3) is 0 Å². The normalized spacial score (nSPS) is 33.3. The van der Waals surface area contributed by atoms with Gasteiger partial charge in [-0.2, -0.15) is 0 Å². The molecule has 0 spiro atoms. The molecule has 0 aromatic rings. The molecule has 0 saturated carbocycles. The second-order valence-corrected chi connectivity index (χ2v) is 6.91. The lowest BCUT2D eigenvalue weighted by Gasteiger charge is -2.26. The van der Waals surface area contributed by atoms with Crippen LogP contribution in [0.2, 0.25) is 0 Å². The molecule has 1 N–H and O–H groups in total. The minimum absolute atomic E-state index is 0.303. The lowest BCUT2D eigenvalue weighted by atomic mass is 9.98. The van der Waals surface area contributed by atoms with E-state index in [0.29, 0.717) is 17.6 Å². The third-order valence-electron chi connectivity index (χ3n) is 3.32. The first-order valence-corrected chi connectivity index (χ1v) is 7.37. The molecule has 0 amide bonds. The van der Waals surface area contributed by atoms with Gasteiger partial charge in [0, 0.05) is 13.1 Å². The highest BCUT2D eigenvalue weighted by atomic mass is 32.2. The van der Waals surface area contributed by atoms with Gasteiger partial charge in [0.1, 0.15) is 0 Å². The molecule has 0 bridgehead atoms. The van der Waals surface area contributed by atoms with Crippen molar-refractivity contribution in [3.05, 3.63) is 0 Å². The number of nitrogens with one attached hydrogen (secondary N) is 1. The third kappa shape index (κ3) is 2.71. The van der Waals surface area contributed by atoms with Crippen LogP contribution >= 0.6 is 0 Å². The second-order valence-electron chi connectivity index (χ2n) is 4.89. The van der Waals surface area contributed by atoms with Gasteiger partial charge in [-0.3, -0.25) is 0 Å². The van der Waals surface area contributed by atoms with E-state index in [1.165, 1.54) is 0 Å². The fraction of sp³-hybridized carbons (Fsp3) is 1.00. The van der Waals surface area contributed by atoms with Crippen molar-refractivity contribution in [2.24, 2.45) is 11.8 Å². The zero-order valence-corrected chi connectivity index (χ0v) is 10.1. The highest BCUT2D eigenvalue weighted by Crippen LogP contribution is 2.23. The largest absolute Gasteiger partial charge is 0.317 e. The Balaban J connectivity index is 1.93. The van der Waals surface area contributed by atoms with Crippen molar-refractivity contribution in [3.8, 4) is 0 Å². The van der Waals surface area contributed by atoms with E-state index >= 15 is 0 Å². The standard InChI is InChI=1S/C10H20N2O2S/c1-9-6-12(15(13,14)8-9)7-10-2-4-11-5-3-10/h9-11H,2-8H2,1H3. The number of sulfonamides is 1. The van der Waals surface area contributed by atoms with Crippen molar-refractivity contribution in [1.82, 2.24) is 9.62 Å². The average molecular weight is 232 g/mol. The highest BCUT2D eigenvalue weighted by molar-refractivity contribution is 7.89. The quantitative estimate of drug-likeness (QED) is 0.743. The van der Waals surface area contributed by atoms with E-state index < -0.39 is 10.0 Å². The van der Waals surface area contributed by atoms with E-state index in [2.05, 4.69) is 5.32 Å². The van der Waals surface area contributed by atoms with Gasteiger partial charge in [-0.25, -0.2) is 12.7 Å². The predicted octanol–water partition coefficient (Wildman–Crippen LogP) is 0.267. The molecular formula is C10H20N2O2S. The average Bonchev–Trinajstić information content (AvgIpc) is 2.41. The van der Waals surface area contributed by atoms with Crippen molar-refractivity contribution < 1.29 is 8.42 Å². The van der Waals surface area contributed by atoms with Crippen molar-refractivity contribution in [3.63, 3.8) is 0 Å². The van der Waals surface area contributed by atoms with Crippen LogP contribution in [0.1, 0.15) is 19.8 Å². The van der Waals surface area contributed by atoms with E-state index in [0.717, 1.165) is 39.0 Å². The van der Waals surface area contributed by atoms with Gasteiger partial charge in [0.2, 0.25) is 10.0 Å². The molecule has 2 heterocycles. The number of hydrogen-bond donors (Lipinski definition) is 1. The topological polar surface area (TPSA) is 49.4 Å². The summed E-state index contributed by atoms with van der Waals surface area (Å²) in [6.45, 7) is 5.56. The molecule has 2 rings (SSSR count). The van der Waals surface area contributed by atoms with Crippen LogP contribution in [0.4, 0.5) is 0 Å². The smallest absolute Gasteiger partial charge is 0.214 e. The van der Waals surface area contributed by atoms with Crippen LogP contribution < -0.4 is 5.32 Å². The lowest BCUT2D eigenvalue weighted by Crippen LogP contribution is -2.37. The molecule has 0 aromatic heterocycles. The maximum atomic E-state index is 11.8. The predicted molar refractivity (Wildman–Crippen MR) is 60.1 cm³/mol. The fourth-order valence-electron chi connectivity index (χ4n) is 2.52. The lowest BCUT2D eigenvalue weighted by molar-refractivity contribution is 0.289. The monoisotopic (exact) mass is 232 g/mol. The molecule has 0 aromatic carbocycles. The van der Waals surface area contributed by atoms with Crippen LogP contribution in [0.25, 0.3) is 0 Å². The van der Waals surface area contributed by atoms with E-state index in [-0.39, 0.29) is 0 Å². The Morgan fingerprint density at radius 3 is 2.53 bits per heavy atom. The Morgan fingerprint density at radius 1 is 1.33 bits per heavy atom. The summed E-state index contributed by atoms with van der Waals surface area (Å²) in [7, 11) is -2.92. The Bertz CT molecular complexity index is 309. The van der Waals surface area contributed by atoms with Crippen molar-refractivity contribution in [2.45, 2.75) is 19.8 Å². The van der Waals surface area contributed by atoms with E-state index in [1.54, 1.807) is 4.31 Å². The van der Waals surface area contributed by atoms with Gasteiger partial charge in [0.15, 0.2) is 0 Å². The van der Waals surface area contributed by atoms with Crippen LogP contribution in [0, 0.1) is 11.8 Å². The van der Waals surface area contributed by atoms with Gasteiger partial charge in [-0.05, 0) is 37.8 Å². The minimum atomic E-state index is -2.92. The first-order valence-electron chi connectivity index (χ1n) is 5.76. The molecule has 88 valence electrons. The van der Waals surface area contributed by atoms with Gasteiger partial charge in [-0.15, -0.1) is 0 Å². The molecule has 2 saturated heterocycles. The Morgan fingerprint density at radius 2 is 2.00 bits per heavy atom. The third-order valence-corrected chi connectivity index (χ3v) is 5.40. The van der Waals surface area contributed by atoms with Gasteiger partial charge < -0.3 is 5.32 Å². The van der Waals surface area contributed by atoms with E-state index in [9.17, 15) is 8.42 Å². The summed E-state index contributed by atoms with van der Waals surface area (Å²) in [6.07, 6.45) is 2.22. The Hall–Kier alpha value is -0.130. The molecule has 5 heteroatoms. The molecule has 2 aliphatic rings. The summed E-state index contributed by atoms with van der Waals surface area (Å²) in [5, 5.41) is 3.30. The van der Waals surface area contributed by atoms with Gasteiger partial charge >= 0.3 is 0 Å². The summed E-state index contributed by atoms with van der Waals surface area (Å²) in [4.78, 5) is 0.